The van der Waals surface area contributed by atoms with Crippen LogP contribution in [0.25, 0.3) is 0 Å². The molecule has 3 nitrogen and oxygen atoms in total. The zero-order valence-electron chi connectivity index (χ0n) is 21.9. The summed E-state index contributed by atoms with van der Waals surface area (Å²) in [6.45, 7) is 7.91. The van der Waals surface area contributed by atoms with E-state index >= 15 is 0 Å². The Kier molecular flexibility index (Phi) is 7.50. The molecule has 36 heavy (non-hydrogen) atoms. The predicted octanol–water partition coefficient (Wildman–Crippen LogP) is 5.13. The molecule has 0 amide bonds. The molecule has 1 N–H and O–H groups in total. The van der Waals surface area contributed by atoms with Crippen molar-refractivity contribution >= 4 is 18.7 Å². The summed E-state index contributed by atoms with van der Waals surface area (Å²) in [5, 5.41) is 12.6. The van der Waals surface area contributed by atoms with Gasteiger partial charge in [0.05, 0.1) is 12.2 Å². The second-order valence-electron chi connectivity index (χ2n) is 11.6. The third kappa shape index (κ3) is 4.84. The van der Waals surface area contributed by atoms with Gasteiger partial charge in [-0.05, 0) is 58.1 Å². The van der Waals surface area contributed by atoms with E-state index in [4.69, 9.17) is 9.16 Å². The lowest BCUT2D eigenvalue weighted by molar-refractivity contribution is 0.0786. The van der Waals surface area contributed by atoms with Gasteiger partial charge in [-0.2, -0.15) is 0 Å². The van der Waals surface area contributed by atoms with Gasteiger partial charge in [-0.1, -0.05) is 106 Å². The number of fused-ring (bicyclic) bond motifs is 2. The van der Waals surface area contributed by atoms with Gasteiger partial charge in [0.15, 0.2) is 0 Å². The van der Waals surface area contributed by atoms with Gasteiger partial charge >= 0.3 is 0 Å². The normalized spacial score (nSPS) is 23.8. The first-order valence-electron chi connectivity index (χ1n) is 13.5. The Morgan fingerprint density at radius 2 is 1.39 bits per heavy atom. The molecular weight excluding hydrogens is 460 g/mol. The summed E-state index contributed by atoms with van der Waals surface area (Å²) in [7, 11) is -2.51. The second-order valence-corrected chi connectivity index (χ2v) is 15.9. The van der Waals surface area contributed by atoms with Crippen LogP contribution < -0.4 is 10.4 Å². The zero-order valence-corrected chi connectivity index (χ0v) is 22.9. The van der Waals surface area contributed by atoms with Crippen molar-refractivity contribution in [2.75, 3.05) is 13.2 Å². The number of hydrogen-bond donors (Lipinski definition) is 1. The van der Waals surface area contributed by atoms with Gasteiger partial charge in [0, 0.05) is 19.1 Å². The van der Waals surface area contributed by atoms with Gasteiger partial charge in [0.25, 0.3) is 8.32 Å². The highest BCUT2D eigenvalue weighted by Gasteiger charge is 2.50. The molecule has 3 aromatic carbocycles. The molecule has 2 heterocycles. The fourth-order valence-electron chi connectivity index (χ4n) is 6.67. The van der Waals surface area contributed by atoms with Crippen LogP contribution in [0.3, 0.4) is 0 Å². The Balaban J connectivity index is 1.34. The number of aliphatic hydroxyl groups is 1. The minimum atomic E-state index is -2.51. The van der Waals surface area contributed by atoms with Gasteiger partial charge in [0.1, 0.15) is 0 Å². The average Bonchev–Trinajstić information content (AvgIpc) is 3.49. The number of rotatable bonds is 9. The summed E-state index contributed by atoms with van der Waals surface area (Å²) in [6.07, 6.45) is 4.68. The zero-order chi connectivity index (χ0) is 25.2. The molecule has 3 aromatic rings. The summed E-state index contributed by atoms with van der Waals surface area (Å²) in [4.78, 5) is 0. The molecule has 2 saturated heterocycles. The quantitative estimate of drug-likeness (QED) is 0.414. The molecular formula is C32H40O3Si. The van der Waals surface area contributed by atoms with Gasteiger partial charge in [0.2, 0.25) is 0 Å². The Bertz CT molecular complexity index is 1090. The van der Waals surface area contributed by atoms with Crippen LogP contribution >= 0.6 is 0 Å². The van der Waals surface area contributed by atoms with Crippen LogP contribution in [0.15, 0.2) is 84.9 Å². The van der Waals surface area contributed by atoms with Gasteiger partial charge < -0.3 is 14.3 Å². The van der Waals surface area contributed by atoms with Gasteiger partial charge in [-0.25, -0.2) is 0 Å². The van der Waals surface area contributed by atoms with Crippen molar-refractivity contribution < 1.29 is 14.3 Å². The van der Waals surface area contributed by atoms with E-state index in [9.17, 15) is 5.11 Å². The maximum Gasteiger partial charge on any atom is 0.261 e. The van der Waals surface area contributed by atoms with Crippen molar-refractivity contribution in [3.8, 4) is 0 Å². The van der Waals surface area contributed by atoms with Crippen LogP contribution in [-0.2, 0) is 22.0 Å². The van der Waals surface area contributed by atoms with E-state index in [0.717, 1.165) is 25.7 Å². The molecule has 2 fully saturated rings. The summed E-state index contributed by atoms with van der Waals surface area (Å²) >= 11 is 0. The van der Waals surface area contributed by atoms with E-state index in [1.165, 1.54) is 21.5 Å². The van der Waals surface area contributed by atoms with E-state index in [-0.39, 0.29) is 23.7 Å². The molecule has 190 valence electrons. The lowest BCUT2D eigenvalue weighted by Gasteiger charge is -2.43. The van der Waals surface area contributed by atoms with E-state index < -0.39 is 8.32 Å². The third-order valence-electron chi connectivity index (χ3n) is 8.39. The number of aliphatic hydroxyl groups excluding tert-OH is 1. The maximum atomic E-state index is 9.94. The highest BCUT2D eigenvalue weighted by Crippen LogP contribution is 2.44. The van der Waals surface area contributed by atoms with Crippen molar-refractivity contribution in [2.45, 2.75) is 63.7 Å². The van der Waals surface area contributed by atoms with Crippen molar-refractivity contribution in [2.24, 2.45) is 11.8 Å². The van der Waals surface area contributed by atoms with Crippen molar-refractivity contribution in [1.29, 1.82) is 0 Å². The molecule has 2 bridgehead atoms. The van der Waals surface area contributed by atoms with Crippen LogP contribution in [0, 0.1) is 11.8 Å². The molecule has 5 rings (SSSR count). The lowest BCUT2D eigenvalue weighted by Crippen LogP contribution is -2.66. The monoisotopic (exact) mass is 500 g/mol. The summed E-state index contributed by atoms with van der Waals surface area (Å²) < 4.78 is 13.2. The number of ether oxygens (including phenoxy) is 1. The molecule has 4 atom stereocenters. The molecule has 0 spiro atoms. The standard InChI is InChI=1S/C32H40O3Si/c1-32(2,3)36(26-13-6-4-7-14-26,27-15-8-5-9-16-27)34-20-19-24-11-10-12-25(21-24)22-28-29(23-33)31-18-17-30(28)35-31/h4-16,21,28-31,33H,17-20,22-23H2,1-3H3. The first-order chi connectivity index (χ1) is 17.4. The maximum absolute atomic E-state index is 9.94. The molecule has 2 aliphatic heterocycles. The summed E-state index contributed by atoms with van der Waals surface area (Å²) in [5.74, 6) is 0.711. The average molecular weight is 501 g/mol. The number of hydrogen-bond acceptors (Lipinski definition) is 3. The molecule has 0 radical (unpaired) electrons. The van der Waals surface area contributed by atoms with Crippen LogP contribution in [-0.4, -0.2) is 38.8 Å². The van der Waals surface area contributed by atoms with Crippen molar-refractivity contribution in [3.05, 3.63) is 96.1 Å². The van der Waals surface area contributed by atoms with Gasteiger partial charge in [-0.15, -0.1) is 0 Å². The Morgan fingerprint density at radius 1 is 0.806 bits per heavy atom. The lowest BCUT2D eigenvalue weighted by atomic mass is 9.76. The summed E-state index contributed by atoms with van der Waals surface area (Å²) in [5.41, 5.74) is 2.66. The van der Waals surface area contributed by atoms with E-state index in [1.54, 1.807) is 0 Å². The van der Waals surface area contributed by atoms with Crippen molar-refractivity contribution in [3.63, 3.8) is 0 Å². The van der Waals surface area contributed by atoms with E-state index in [0.29, 0.717) is 18.6 Å². The van der Waals surface area contributed by atoms with Crippen LogP contribution in [0.5, 0.6) is 0 Å². The minimum Gasteiger partial charge on any atom is -0.407 e. The fourth-order valence-corrected chi connectivity index (χ4v) is 11.2. The Labute approximate surface area is 217 Å². The SMILES string of the molecule is CC(C)(C)[Si](OCCc1cccc(CC2C3CCC(O3)C2CO)c1)(c1ccccc1)c1ccccc1. The van der Waals surface area contributed by atoms with Gasteiger partial charge in [-0.3, -0.25) is 0 Å². The Morgan fingerprint density at radius 3 is 1.97 bits per heavy atom. The molecule has 4 unspecified atom stereocenters. The van der Waals surface area contributed by atoms with Crippen LogP contribution in [0.2, 0.25) is 5.04 Å². The minimum absolute atomic E-state index is 0.0152. The van der Waals surface area contributed by atoms with E-state index in [1.807, 2.05) is 0 Å². The summed E-state index contributed by atoms with van der Waals surface area (Å²) in [6, 6.07) is 30.7. The van der Waals surface area contributed by atoms with E-state index in [2.05, 4.69) is 106 Å². The van der Waals surface area contributed by atoms with Crippen LogP contribution in [0.4, 0.5) is 0 Å². The predicted molar refractivity (Wildman–Crippen MR) is 149 cm³/mol. The first-order valence-corrected chi connectivity index (χ1v) is 15.4. The fraction of sp³-hybridized carbons (Fsp3) is 0.438. The largest absolute Gasteiger partial charge is 0.407 e. The first kappa shape index (κ1) is 25.4. The molecule has 2 aliphatic rings. The van der Waals surface area contributed by atoms with Crippen LogP contribution in [0.1, 0.15) is 44.7 Å². The highest BCUT2D eigenvalue weighted by atomic mass is 28.4. The molecule has 0 aliphatic carbocycles. The smallest absolute Gasteiger partial charge is 0.261 e. The highest BCUT2D eigenvalue weighted by molar-refractivity contribution is 6.99. The Hall–Kier alpha value is -2.24. The third-order valence-corrected chi connectivity index (χ3v) is 13.4. The molecule has 0 saturated carbocycles. The topological polar surface area (TPSA) is 38.7 Å². The van der Waals surface area contributed by atoms with Crippen molar-refractivity contribution in [1.82, 2.24) is 0 Å². The molecule has 0 aromatic heterocycles. The molecule has 4 heteroatoms. The second kappa shape index (κ2) is 10.6. The number of benzene rings is 3.